The lowest BCUT2D eigenvalue weighted by Gasteiger charge is -2.44. The molecule has 0 radical (unpaired) electrons. The van der Waals surface area contributed by atoms with Crippen LogP contribution >= 0.6 is 0 Å². The van der Waals surface area contributed by atoms with Gasteiger partial charge in [0.15, 0.2) is 0 Å². The van der Waals surface area contributed by atoms with Crippen molar-refractivity contribution < 1.29 is 18.0 Å². The minimum Gasteiger partial charge on any atom is -0.342 e. The van der Waals surface area contributed by atoms with Gasteiger partial charge in [0, 0.05) is 12.3 Å². The van der Waals surface area contributed by atoms with Gasteiger partial charge in [-0.3, -0.25) is 9.59 Å². The monoisotopic (exact) mass is 318 g/mol. The molecule has 0 spiro atoms. The number of piperazine rings is 1. The third-order valence-corrected chi connectivity index (χ3v) is 4.79. The zero-order valence-corrected chi connectivity index (χ0v) is 14.4. The molecule has 1 fully saturated rings. The number of carbonyl (C=O) groups is 2. The van der Waals surface area contributed by atoms with E-state index >= 15 is 0 Å². The molecule has 1 heterocycles. The molecular weight excluding hydrogens is 292 g/mol. The van der Waals surface area contributed by atoms with Crippen LogP contribution in [0.4, 0.5) is 0 Å². The Morgan fingerprint density at radius 2 is 1.62 bits per heavy atom. The molecule has 1 saturated heterocycles. The Bertz CT molecular complexity index is 513. The van der Waals surface area contributed by atoms with Crippen LogP contribution in [0, 0.1) is 11.8 Å². The molecule has 1 N–H and O–H groups in total. The van der Waals surface area contributed by atoms with Gasteiger partial charge in [0.1, 0.15) is 21.9 Å². The average molecular weight is 318 g/mol. The van der Waals surface area contributed by atoms with Crippen molar-refractivity contribution in [1.82, 2.24) is 10.2 Å². The zero-order chi connectivity index (χ0) is 16.5. The average Bonchev–Trinajstić information content (AvgIpc) is 2.27. The second-order valence-electron chi connectivity index (χ2n) is 6.61. The van der Waals surface area contributed by atoms with Crippen molar-refractivity contribution in [2.75, 3.05) is 12.0 Å². The van der Waals surface area contributed by atoms with E-state index < -0.39 is 28.0 Å². The van der Waals surface area contributed by atoms with Crippen molar-refractivity contribution in [3.8, 4) is 0 Å². The minimum absolute atomic E-state index is 0.0394. The normalized spacial score (nSPS) is 25.4. The van der Waals surface area contributed by atoms with Gasteiger partial charge in [0.2, 0.25) is 11.8 Å². The van der Waals surface area contributed by atoms with Crippen LogP contribution < -0.4 is 5.32 Å². The number of sulfone groups is 1. The van der Waals surface area contributed by atoms with Crippen LogP contribution in [0.1, 0.15) is 34.6 Å². The maximum absolute atomic E-state index is 12.7. The standard InChI is InChI=1S/C14H26N2O4S/c1-8(2)11-14(18)16(10(5)7-21(6,19)20)12(9(3)4)13(17)15-11/h8-12H,7H2,1-6H3,(H,15,17). The van der Waals surface area contributed by atoms with Crippen molar-refractivity contribution in [1.29, 1.82) is 0 Å². The van der Waals surface area contributed by atoms with Crippen LogP contribution in [0.2, 0.25) is 0 Å². The van der Waals surface area contributed by atoms with Crippen LogP contribution in [0.3, 0.4) is 0 Å². The first-order valence-electron chi connectivity index (χ1n) is 7.26. The van der Waals surface area contributed by atoms with Crippen LogP contribution in [-0.4, -0.2) is 55.3 Å². The van der Waals surface area contributed by atoms with E-state index in [1.54, 1.807) is 6.92 Å². The Morgan fingerprint density at radius 3 is 2.00 bits per heavy atom. The van der Waals surface area contributed by atoms with E-state index in [1.807, 2.05) is 27.7 Å². The summed E-state index contributed by atoms with van der Waals surface area (Å²) < 4.78 is 23.1. The third-order valence-electron chi connectivity index (χ3n) is 3.70. The largest absolute Gasteiger partial charge is 0.342 e. The van der Waals surface area contributed by atoms with Crippen molar-refractivity contribution in [3.63, 3.8) is 0 Å². The van der Waals surface area contributed by atoms with Crippen LogP contribution in [0.15, 0.2) is 0 Å². The fourth-order valence-corrected chi connectivity index (χ4v) is 3.85. The second kappa shape index (κ2) is 6.34. The SMILES string of the molecule is CC(C)C1NC(=O)C(C(C)C)N(C(C)CS(C)(=O)=O)C1=O. The number of rotatable bonds is 5. The number of amides is 2. The maximum atomic E-state index is 12.7. The van der Waals surface area contributed by atoms with E-state index in [-0.39, 0.29) is 29.4 Å². The first-order valence-corrected chi connectivity index (χ1v) is 9.32. The molecule has 7 heteroatoms. The lowest BCUT2D eigenvalue weighted by Crippen LogP contribution is -2.68. The molecule has 1 rings (SSSR count). The Hall–Kier alpha value is -1.11. The van der Waals surface area contributed by atoms with Gasteiger partial charge < -0.3 is 10.2 Å². The molecule has 1 aliphatic heterocycles. The number of nitrogens with zero attached hydrogens (tertiary/aromatic N) is 1. The van der Waals surface area contributed by atoms with Crippen molar-refractivity contribution >= 4 is 21.7 Å². The van der Waals surface area contributed by atoms with E-state index in [0.29, 0.717) is 0 Å². The van der Waals surface area contributed by atoms with Crippen molar-refractivity contribution in [3.05, 3.63) is 0 Å². The molecule has 3 unspecified atom stereocenters. The lowest BCUT2D eigenvalue weighted by molar-refractivity contribution is -0.154. The summed E-state index contributed by atoms with van der Waals surface area (Å²) in [6.45, 7) is 9.11. The molecular formula is C14H26N2O4S. The van der Waals surface area contributed by atoms with Crippen LogP contribution in [0.5, 0.6) is 0 Å². The quantitative estimate of drug-likeness (QED) is 0.796. The highest BCUT2D eigenvalue weighted by Crippen LogP contribution is 2.23. The van der Waals surface area contributed by atoms with E-state index in [9.17, 15) is 18.0 Å². The maximum Gasteiger partial charge on any atom is 0.246 e. The van der Waals surface area contributed by atoms with Gasteiger partial charge in [-0.1, -0.05) is 27.7 Å². The Morgan fingerprint density at radius 1 is 1.10 bits per heavy atom. The van der Waals surface area contributed by atoms with Gasteiger partial charge in [0.05, 0.1) is 5.75 Å². The second-order valence-corrected chi connectivity index (χ2v) is 8.79. The minimum atomic E-state index is -3.23. The number of nitrogens with one attached hydrogen (secondary N) is 1. The molecule has 0 aromatic carbocycles. The molecule has 6 nitrogen and oxygen atoms in total. The Balaban J connectivity index is 3.17. The Labute approximate surface area is 127 Å². The molecule has 0 aromatic rings. The van der Waals surface area contributed by atoms with E-state index in [1.165, 1.54) is 4.90 Å². The summed E-state index contributed by atoms with van der Waals surface area (Å²) >= 11 is 0. The third kappa shape index (κ3) is 4.18. The highest BCUT2D eigenvalue weighted by molar-refractivity contribution is 7.90. The van der Waals surface area contributed by atoms with E-state index in [4.69, 9.17) is 0 Å². The summed E-state index contributed by atoms with van der Waals surface area (Å²) in [5.74, 6) is -0.658. The molecule has 3 atom stereocenters. The van der Waals surface area contributed by atoms with Gasteiger partial charge >= 0.3 is 0 Å². The summed E-state index contributed by atoms with van der Waals surface area (Å²) in [6.07, 6.45) is 1.14. The van der Waals surface area contributed by atoms with Crippen LogP contribution in [0.25, 0.3) is 0 Å². The smallest absolute Gasteiger partial charge is 0.246 e. The lowest BCUT2D eigenvalue weighted by atomic mass is 9.92. The summed E-state index contributed by atoms with van der Waals surface area (Å²) in [6, 6.07) is -1.73. The summed E-state index contributed by atoms with van der Waals surface area (Å²) in [5.41, 5.74) is 0. The highest BCUT2D eigenvalue weighted by atomic mass is 32.2. The molecule has 122 valence electrons. The first kappa shape index (κ1) is 17.9. The molecule has 0 aromatic heterocycles. The predicted molar refractivity (Wildman–Crippen MR) is 81.4 cm³/mol. The molecule has 2 amide bonds. The molecule has 0 saturated carbocycles. The highest BCUT2D eigenvalue weighted by Gasteiger charge is 2.45. The van der Waals surface area contributed by atoms with Crippen LogP contribution in [-0.2, 0) is 19.4 Å². The topological polar surface area (TPSA) is 83.6 Å². The predicted octanol–water partition coefficient (Wildman–Crippen LogP) is 0.427. The number of hydrogen-bond acceptors (Lipinski definition) is 4. The summed E-state index contributed by atoms with van der Waals surface area (Å²) in [4.78, 5) is 26.5. The van der Waals surface area contributed by atoms with Crippen molar-refractivity contribution in [2.24, 2.45) is 11.8 Å². The van der Waals surface area contributed by atoms with Gasteiger partial charge in [0.25, 0.3) is 0 Å². The first-order chi connectivity index (χ1) is 9.45. The molecule has 1 aliphatic rings. The van der Waals surface area contributed by atoms with E-state index in [0.717, 1.165) is 6.26 Å². The zero-order valence-electron chi connectivity index (χ0n) is 13.6. The van der Waals surface area contributed by atoms with Crippen molar-refractivity contribution in [2.45, 2.75) is 52.7 Å². The van der Waals surface area contributed by atoms with Gasteiger partial charge in [-0.25, -0.2) is 8.42 Å². The van der Waals surface area contributed by atoms with Gasteiger partial charge in [-0.15, -0.1) is 0 Å². The van der Waals surface area contributed by atoms with E-state index in [2.05, 4.69) is 5.32 Å². The number of carbonyl (C=O) groups excluding carboxylic acids is 2. The number of hydrogen-bond donors (Lipinski definition) is 1. The fourth-order valence-electron chi connectivity index (χ4n) is 2.81. The molecule has 21 heavy (non-hydrogen) atoms. The van der Waals surface area contributed by atoms with Gasteiger partial charge in [-0.2, -0.15) is 0 Å². The summed E-state index contributed by atoms with van der Waals surface area (Å²) in [5, 5.41) is 2.77. The summed E-state index contributed by atoms with van der Waals surface area (Å²) in [7, 11) is -3.23. The fraction of sp³-hybridized carbons (Fsp3) is 0.857. The van der Waals surface area contributed by atoms with Gasteiger partial charge in [-0.05, 0) is 18.8 Å². The molecule has 0 aliphatic carbocycles. The Kier molecular flexibility index (Phi) is 5.41. The molecule has 0 bridgehead atoms.